The second-order valence-corrected chi connectivity index (χ2v) is 1.30. The van der Waals surface area contributed by atoms with E-state index in [0.717, 1.165) is 0 Å². The van der Waals surface area contributed by atoms with E-state index in [2.05, 4.69) is 0 Å². The van der Waals surface area contributed by atoms with E-state index in [1.165, 1.54) is 0 Å². The molecule has 1 radical (unpaired) electrons. The van der Waals surface area contributed by atoms with Crippen molar-refractivity contribution >= 4 is 22.7 Å². The van der Waals surface area contributed by atoms with Gasteiger partial charge >= 0.3 is 16.8 Å². The fourth-order valence-electron chi connectivity index (χ4n) is 0. The number of hydrogen-bond acceptors (Lipinski definition) is 4. The van der Waals surface area contributed by atoms with Crippen LogP contribution in [0.15, 0.2) is 0 Å². The van der Waals surface area contributed by atoms with Crippen LogP contribution in [0, 0.1) is 0 Å². The van der Waals surface area contributed by atoms with Crippen molar-refractivity contribution in [2.75, 3.05) is 0 Å². The first-order valence-electron chi connectivity index (χ1n) is 1.03. The Bertz CT molecular complexity index is 69.1. The predicted molar refractivity (Wildman–Crippen MR) is 23.1 cm³/mol. The molecule has 9 heavy (non-hydrogen) atoms. The summed E-state index contributed by atoms with van der Waals surface area (Å²) in [5, 5.41) is 0. The van der Waals surface area contributed by atoms with Crippen LogP contribution in [-0.2, 0) is 39.5 Å². The van der Waals surface area contributed by atoms with E-state index in [9.17, 15) is 0 Å². The normalized spacial score (nSPS) is 13.8. The van der Waals surface area contributed by atoms with Crippen molar-refractivity contribution in [2.24, 2.45) is 0 Å². The van der Waals surface area contributed by atoms with E-state index < -0.39 is 22.7 Å². The van der Waals surface area contributed by atoms with E-state index in [0.29, 0.717) is 0 Å². The Kier molecular flexibility index (Phi) is 20.8. The zero-order chi connectivity index (χ0) is 7.15. The van der Waals surface area contributed by atoms with Gasteiger partial charge in [0.25, 0.3) is 0 Å². The Hall–Kier alpha value is 0.646. The molecule has 2 atom stereocenters. The maximum Gasteiger partial charge on any atom is 2.00 e. The van der Waals surface area contributed by atoms with Crippen LogP contribution in [-0.4, -0.2) is 26.6 Å². The van der Waals surface area contributed by atoms with Gasteiger partial charge in [-0.05, 0) is 0 Å². The summed E-state index contributed by atoms with van der Waals surface area (Å²) in [5.74, 6) is 0. The minimum Gasteiger partial charge on any atom is -0.750 e. The molecule has 0 aromatic rings. The van der Waals surface area contributed by atoms with E-state index in [1.54, 1.807) is 0 Å². The van der Waals surface area contributed by atoms with Crippen LogP contribution < -0.4 is 0 Å². The van der Waals surface area contributed by atoms with Crippen LogP contribution in [0.25, 0.3) is 0 Å². The first-order valence-corrected chi connectivity index (χ1v) is 3.10. The molecule has 0 rings (SSSR count). The molecule has 9 heteroatoms. The van der Waals surface area contributed by atoms with Crippen molar-refractivity contribution in [1.29, 1.82) is 0 Å². The minimum absolute atomic E-state index is 0. The maximum atomic E-state index is 8.56. The zero-order valence-electron chi connectivity index (χ0n) is 3.68. The molecular weight excluding hydrogens is 219 g/mol. The Labute approximate surface area is 66.5 Å². The Morgan fingerprint density at radius 2 is 1.00 bits per heavy atom. The largest absolute Gasteiger partial charge is 2.00 e. The van der Waals surface area contributed by atoms with Gasteiger partial charge in [-0.3, -0.25) is 0 Å². The van der Waals surface area contributed by atoms with Crippen molar-refractivity contribution < 1.29 is 43.4 Å². The average molecular weight is 221 g/mol. The topological polar surface area (TPSA) is 121 Å². The molecule has 6 nitrogen and oxygen atoms in total. The first kappa shape index (κ1) is 16.3. The molecule has 0 aliphatic rings. The van der Waals surface area contributed by atoms with Gasteiger partial charge in [0.15, 0.2) is 0 Å². The average Bonchev–Trinajstić information content (AvgIpc) is 1.25. The third kappa shape index (κ3) is 914. The van der Waals surface area contributed by atoms with Gasteiger partial charge in [0.05, 0.1) is 22.7 Å². The molecule has 0 aliphatic carbocycles. The molecule has 0 aliphatic heterocycles. The van der Waals surface area contributed by atoms with Crippen molar-refractivity contribution in [3.05, 3.63) is 0 Å². The first-order chi connectivity index (χ1) is 3.46. The van der Waals surface area contributed by atoms with Gasteiger partial charge in [0.2, 0.25) is 0 Å². The molecular formula is H2CoO6S2. The van der Waals surface area contributed by atoms with Gasteiger partial charge in [-0.25, -0.2) is 8.42 Å². The van der Waals surface area contributed by atoms with E-state index >= 15 is 0 Å². The second kappa shape index (κ2) is 11.4. The Balaban J connectivity index is -0.0000000720. The quantitative estimate of drug-likeness (QED) is 0.489. The van der Waals surface area contributed by atoms with Crippen LogP contribution in [0.3, 0.4) is 0 Å². The van der Waals surface area contributed by atoms with Crippen LogP contribution in [0.5, 0.6) is 0 Å². The Morgan fingerprint density at radius 3 is 1.00 bits per heavy atom. The molecule has 2 N–H and O–H groups in total. The zero-order valence-corrected chi connectivity index (χ0v) is 6.35. The molecule has 0 bridgehead atoms. The van der Waals surface area contributed by atoms with Crippen LogP contribution in [0.1, 0.15) is 0 Å². The number of rotatable bonds is 0. The smallest absolute Gasteiger partial charge is 0.750 e. The predicted octanol–water partition coefficient (Wildman–Crippen LogP) is -1.33. The molecule has 0 saturated heterocycles. The third-order valence-electron chi connectivity index (χ3n) is 0. The van der Waals surface area contributed by atoms with Crippen molar-refractivity contribution in [2.45, 2.75) is 0 Å². The summed E-state index contributed by atoms with van der Waals surface area (Å²) >= 11 is -5.72. The van der Waals surface area contributed by atoms with Gasteiger partial charge in [-0.2, -0.15) is 0 Å². The van der Waals surface area contributed by atoms with E-state index in [1.807, 2.05) is 0 Å². The molecule has 0 aromatic carbocycles. The fraction of sp³-hybridized carbons (Fsp3) is 0. The van der Waals surface area contributed by atoms with Crippen molar-refractivity contribution in [1.82, 2.24) is 0 Å². The van der Waals surface area contributed by atoms with Gasteiger partial charge in [0.1, 0.15) is 0 Å². The molecule has 0 amide bonds. The molecule has 0 saturated carbocycles. The summed E-state index contributed by atoms with van der Waals surface area (Å²) in [5.41, 5.74) is 0. The molecule has 0 heterocycles. The summed E-state index contributed by atoms with van der Waals surface area (Å²) in [6, 6.07) is 0. The molecule has 2 unspecified atom stereocenters. The van der Waals surface area contributed by atoms with Crippen LogP contribution >= 0.6 is 0 Å². The monoisotopic (exact) mass is 221 g/mol. The molecule has 0 spiro atoms. The van der Waals surface area contributed by atoms with Gasteiger partial charge in [-0.15, -0.1) is 0 Å². The standard InChI is InChI=1S/Co.2H2O3S/c;2*1-4(2)3/h;2*(H2,1,2,3)/q+2;;/p-2. The molecule has 59 valence electrons. The van der Waals surface area contributed by atoms with Crippen molar-refractivity contribution in [3.63, 3.8) is 0 Å². The van der Waals surface area contributed by atoms with Crippen molar-refractivity contribution in [3.8, 4) is 0 Å². The third-order valence-corrected chi connectivity index (χ3v) is 0. The summed E-state index contributed by atoms with van der Waals surface area (Å²) < 4.78 is 48.2. The van der Waals surface area contributed by atoms with Gasteiger partial charge in [-0.1, -0.05) is 0 Å². The fourth-order valence-corrected chi connectivity index (χ4v) is 0. The van der Waals surface area contributed by atoms with Gasteiger partial charge in [0, 0.05) is 0 Å². The SMILES string of the molecule is O=S([O-])O.O=S([O-])O.[Co+2]. The number of hydrogen-bond donors (Lipinski definition) is 2. The maximum absolute atomic E-state index is 8.56. The molecule has 0 aromatic heterocycles. The van der Waals surface area contributed by atoms with E-state index in [4.69, 9.17) is 26.6 Å². The van der Waals surface area contributed by atoms with E-state index in [-0.39, 0.29) is 16.8 Å². The van der Waals surface area contributed by atoms with Crippen LogP contribution in [0.4, 0.5) is 0 Å². The van der Waals surface area contributed by atoms with Gasteiger partial charge < -0.3 is 18.2 Å². The summed E-state index contributed by atoms with van der Waals surface area (Å²) in [6.07, 6.45) is 0. The summed E-state index contributed by atoms with van der Waals surface area (Å²) in [4.78, 5) is 0. The van der Waals surface area contributed by atoms with Crippen LogP contribution in [0.2, 0.25) is 0 Å². The Morgan fingerprint density at radius 1 is 1.00 bits per heavy atom. The molecule has 0 fully saturated rings. The second-order valence-electron chi connectivity index (χ2n) is 0.434. The minimum atomic E-state index is -2.86. The summed E-state index contributed by atoms with van der Waals surface area (Å²) in [6.45, 7) is 0. The summed E-state index contributed by atoms with van der Waals surface area (Å²) in [7, 11) is 0.